The summed E-state index contributed by atoms with van der Waals surface area (Å²) in [4.78, 5) is 23.5. The Morgan fingerprint density at radius 3 is 2.35 bits per heavy atom. The van der Waals surface area contributed by atoms with E-state index in [1.165, 1.54) is 0 Å². The van der Waals surface area contributed by atoms with Crippen LogP contribution in [0.5, 0.6) is 0 Å². The Bertz CT molecular complexity index is 730. The normalized spacial score (nSPS) is 11.3. The summed E-state index contributed by atoms with van der Waals surface area (Å²) in [5.41, 5.74) is 2.34. The zero-order valence-corrected chi connectivity index (χ0v) is 13.9. The summed E-state index contributed by atoms with van der Waals surface area (Å²) in [7, 11) is 0. The molecule has 1 aromatic carbocycles. The standard InChI is InChI=1S/C18H22N2O3/c1-12-10-15(16(21)19-11-18(3,4)17(22)23)13(2)20(12)14-8-6-5-7-9-14/h5-10H,11H2,1-4H3,(H,19,21)(H,22,23). The van der Waals surface area contributed by atoms with Crippen LogP contribution in [0.2, 0.25) is 0 Å². The van der Waals surface area contributed by atoms with Crippen molar-refractivity contribution in [2.45, 2.75) is 27.7 Å². The maximum Gasteiger partial charge on any atom is 0.310 e. The van der Waals surface area contributed by atoms with Gasteiger partial charge < -0.3 is 15.0 Å². The third-order valence-electron chi connectivity index (χ3n) is 3.96. The van der Waals surface area contributed by atoms with Crippen molar-refractivity contribution < 1.29 is 14.7 Å². The second kappa shape index (κ2) is 6.28. The van der Waals surface area contributed by atoms with Crippen LogP contribution >= 0.6 is 0 Å². The smallest absolute Gasteiger partial charge is 0.310 e. The highest BCUT2D eigenvalue weighted by molar-refractivity contribution is 5.96. The first-order valence-electron chi connectivity index (χ1n) is 7.50. The van der Waals surface area contributed by atoms with Gasteiger partial charge >= 0.3 is 5.97 Å². The number of para-hydroxylation sites is 1. The number of benzene rings is 1. The highest BCUT2D eigenvalue weighted by atomic mass is 16.4. The summed E-state index contributed by atoms with van der Waals surface area (Å²) in [6, 6.07) is 11.6. The molecule has 1 amide bonds. The van der Waals surface area contributed by atoms with Crippen molar-refractivity contribution >= 4 is 11.9 Å². The molecule has 23 heavy (non-hydrogen) atoms. The number of aliphatic carboxylic acids is 1. The number of aromatic nitrogens is 1. The lowest BCUT2D eigenvalue weighted by Gasteiger charge is -2.19. The van der Waals surface area contributed by atoms with Crippen molar-refractivity contribution in [3.63, 3.8) is 0 Å². The molecule has 0 radical (unpaired) electrons. The first-order valence-corrected chi connectivity index (χ1v) is 7.50. The molecule has 0 atom stereocenters. The predicted octanol–water partition coefficient (Wildman–Crippen LogP) is 2.93. The predicted molar refractivity (Wildman–Crippen MR) is 89.0 cm³/mol. The first kappa shape index (κ1) is 16.8. The number of carbonyl (C=O) groups excluding carboxylic acids is 1. The summed E-state index contributed by atoms with van der Waals surface area (Å²) < 4.78 is 2.01. The van der Waals surface area contributed by atoms with Gasteiger partial charge in [-0.1, -0.05) is 18.2 Å². The molecule has 2 aromatic rings. The lowest BCUT2D eigenvalue weighted by Crippen LogP contribution is -2.39. The minimum atomic E-state index is -0.999. The van der Waals surface area contributed by atoms with Crippen molar-refractivity contribution in [1.29, 1.82) is 0 Å². The number of amides is 1. The van der Waals surface area contributed by atoms with Crippen LogP contribution in [0.15, 0.2) is 36.4 Å². The van der Waals surface area contributed by atoms with Crippen LogP contribution in [0, 0.1) is 19.3 Å². The van der Waals surface area contributed by atoms with Crippen molar-refractivity contribution in [2.75, 3.05) is 6.54 Å². The molecular formula is C18H22N2O3. The molecule has 122 valence electrons. The molecule has 0 unspecified atom stereocenters. The minimum Gasteiger partial charge on any atom is -0.481 e. The average molecular weight is 314 g/mol. The highest BCUT2D eigenvalue weighted by Gasteiger charge is 2.28. The van der Waals surface area contributed by atoms with E-state index in [1.807, 2.05) is 54.8 Å². The van der Waals surface area contributed by atoms with E-state index in [9.17, 15) is 9.59 Å². The van der Waals surface area contributed by atoms with Crippen LogP contribution < -0.4 is 5.32 Å². The molecule has 0 aliphatic heterocycles. The molecule has 0 bridgehead atoms. The number of nitrogens with zero attached hydrogens (tertiary/aromatic N) is 1. The Morgan fingerprint density at radius 1 is 1.17 bits per heavy atom. The maximum atomic E-state index is 12.4. The summed E-state index contributed by atoms with van der Waals surface area (Å²) >= 11 is 0. The average Bonchev–Trinajstić information content (AvgIpc) is 2.80. The molecule has 0 aliphatic carbocycles. The molecule has 1 heterocycles. The molecule has 0 saturated heterocycles. The van der Waals surface area contributed by atoms with Gasteiger partial charge in [0.15, 0.2) is 0 Å². The summed E-state index contributed by atoms with van der Waals surface area (Å²) in [5.74, 6) is -1.19. The number of carboxylic acid groups (broad SMARTS) is 1. The van der Waals surface area contributed by atoms with Crippen molar-refractivity contribution in [1.82, 2.24) is 9.88 Å². The number of nitrogens with one attached hydrogen (secondary N) is 1. The van der Waals surface area contributed by atoms with Gasteiger partial charge in [0.25, 0.3) is 5.91 Å². The Kier molecular flexibility index (Phi) is 4.59. The zero-order chi connectivity index (χ0) is 17.2. The third-order valence-corrected chi connectivity index (χ3v) is 3.96. The van der Waals surface area contributed by atoms with E-state index < -0.39 is 11.4 Å². The molecule has 1 aromatic heterocycles. The summed E-state index contributed by atoms with van der Waals surface area (Å²) in [6.45, 7) is 7.08. The molecule has 0 aliphatic rings. The van der Waals surface area contributed by atoms with E-state index in [0.717, 1.165) is 17.1 Å². The van der Waals surface area contributed by atoms with Crippen molar-refractivity contribution in [2.24, 2.45) is 5.41 Å². The quantitative estimate of drug-likeness (QED) is 0.891. The molecule has 0 saturated carbocycles. The van der Waals surface area contributed by atoms with E-state index in [2.05, 4.69) is 5.32 Å². The van der Waals surface area contributed by atoms with E-state index in [1.54, 1.807) is 13.8 Å². The Hall–Kier alpha value is -2.56. The second-order valence-corrected chi connectivity index (χ2v) is 6.33. The topological polar surface area (TPSA) is 71.3 Å². The van der Waals surface area contributed by atoms with E-state index >= 15 is 0 Å². The van der Waals surface area contributed by atoms with Gasteiger partial charge in [-0.3, -0.25) is 9.59 Å². The number of hydrogen-bond acceptors (Lipinski definition) is 2. The van der Waals surface area contributed by atoms with Crippen LogP contribution in [0.3, 0.4) is 0 Å². The second-order valence-electron chi connectivity index (χ2n) is 6.33. The molecule has 0 fully saturated rings. The van der Waals surface area contributed by atoms with Crippen LogP contribution in [-0.2, 0) is 4.79 Å². The summed E-state index contributed by atoms with van der Waals surface area (Å²) in [5, 5.41) is 11.8. The van der Waals surface area contributed by atoms with Gasteiger partial charge in [0.05, 0.1) is 11.0 Å². The number of hydrogen-bond donors (Lipinski definition) is 2. The first-order chi connectivity index (χ1) is 10.7. The molecule has 5 heteroatoms. The van der Waals surface area contributed by atoms with E-state index in [0.29, 0.717) is 5.56 Å². The van der Waals surface area contributed by atoms with Gasteiger partial charge in [0.1, 0.15) is 0 Å². The number of carboxylic acids is 1. The Labute approximate surface area is 135 Å². The fourth-order valence-corrected chi connectivity index (χ4v) is 2.44. The van der Waals surface area contributed by atoms with Gasteiger partial charge in [-0.05, 0) is 45.9 Å². The van der Waals surface area contributed by atoms with Crippen molar-refractivity contribution in [3.05, 3.63) is 53.3 Å². The molecule has 2 rings (SSSR count). The largest absolute Gasteiger partial charge is 0.481 e. The molecule has 5 nitrogen and oxygen atoms in total. The van der Waals surface area contributed by atoms with Gasteiger partial charge in [0, 0.05) is 23.6 Å². The lowest BCUT2D eigenvalue weighted by atomic mass is 9.94. The van der Waals surface area contributed by atoms with Crippen molar-refractivity contribution in [3.8, 4) is 5.69 Å². The van der Waals surface area contributed by atoms with Crippen LogP contribution in [-0.4, -0.2) is 28.1 Å². The fourth-order valence-electron chi connectivity index (χ4n) is 2.44. The lowest BCUT2D eigenvalue weighted by molar-refractivity contribution is -0.146. The van der Waals surface area contributed by atoms with Crippen LogP contribution in [0.4, 0.5) is 0 Å². The molecule has 2 N–H and O–H groups in total. The van der Waals surface area contributed by atoms with Crippen LogP contribution in [0.1, 0.15) is 35.6 Å². The van der Waals surface area contributed by atoms with Gasteiger partial charge in [-0.15, -0.1) is 0 Å². The number of rotatable bonds is 5. The highest BCUT2D eigenvalue weighted by Crippen LogP contribution is 2.21. The molecular weight excluding hydrogens is 292 g/mol. The monoisotopic (exact) mass is 314 g/mol. The minimum absolute atomic E-state index is 0.0795. The fraction of sp³-hybridized carbons (Fsp3) is 0.333. The van der Waals surface area contributed by atoms with Gasteiger partial charge in [-0.25, -0.2) is 0 Å². The molecule has 0 spiro atoms. The van der Waals surface area contributed by atoms with Gasteiger partial charge in [-0.2, -0.15) is 0 Å². The van der Waals surface area contributed by atoms with Crippen LogP contribution in [0.25, 0.3) is 5.69 Å². The Morgan fingerprint density at radius 2 is 1.78 bits per heavy atom. The number of aryl methyl sites for hydroxylation is 1. The van der Waals surface area contributed by atoms with Gasteiger partial charge in [0.2, 0.25) is 0 Å². The summed E-state index contributed by atoms with van der Waals surface area (Å²) in [6.07, 6.45) is 0. The maximum absolute atomic E-state index is 12.4. The van der Waals surface area contributed by atoms with E-state index in [4.69, 9.17) is 5.11 Å². The zero-order valence-electron chi connectivity index (χ0n) is 13.9. The number of carbonyl (C=O) groups is 2. The van der Waals surface area contributed by atoms with E-state index in [-0.39, 0.29) is 12.5 Å². The SMILES string of the molecule is Cc1cc(C(=O)NCC(C)(C)C(=O)O)c(C)n1-c1ccccc1. The Balaban J connectivity index is 2.25. The third kappa shape index (κ3) is 3.44.